The van der Waals surface area contributed by atoms with Gasteiger partial charge in [-0.25, -0.2) is 13.6 Å². The van der Waals surface area contributed by atoms with Gasteiger partial charge in [0, 0.05) is 18.4 Å². The second-order valence-corrected chi connectivity index (χ2v) is 13.2. The number of nitrogens with zero attached hydrogens (tertiary/aromatic N) is 3. The highest BCUT2D eigenvalue weighted by Gasteiger charge is 2.50. The van der Waals surface area contributed by atoms with Crippen LogP contribution in [0, 0.1) is 23.0 Å². The summed E-state index contributed by atoms with van der Waals surface area (Å²) < 4.78 is 82.4. The molecule has 0 saturated carbocycles. The van der Waals surface area contributed by atoms with Crippen molar-refractivity contribution in [1.82, 2.24) is 19.8 Å². The quantitative estimate of drug-likeness (QED) is 0.131. The molecule has 53 heavy (non-hydrogen) atoms. The van der Waals surface area contributed by atoms with E-state index >= 15 is 8.78 Å². The molecule has 1 aromatic heterocycles. The summed E-state index contributed by atoms with van der Waals surface area (Å²) in [5.74, 6) is -3.07. The minimum absolute atomic E-state index is 0.0167. The summed E-state index contributed by atoms with van der Waals surface area (Å²) in [4.78, 5) is 40.6. The molecule has 6 rings (SSSR count). The Hall–Kier alpha value is -5.17. The average Bonchev–Trinajstić information content (AvgIpc) is 3.42. The standard InChI is InChI=1S/C38H36F5N5O5/c39-28-12-5-11-27(38(41,42)43)26(28)21-47-34-30(19-24-9-4-10-25(20-44)33(24)40)53-37(14-17-45-18-15-37)32(34)35(51)48(36(47)52)22-29(23-7-2-1-3-8-23)46-16-6-13-31(49)50/h1-5,7-12,29-30,45-46H,6,13-19,21-22H2,(H,49,50)/t29?,30-/m1/s1. The molecule has 0 aliphatic carbocycles. The van der Waals surface area contributed by atoms with Crippen molar-refractivity contribution in [2.24, 2.45) is 0 Å². The molecule has 1 spiro atoms. The number of hydrogen-bond acceptors (Lipinski definition) is 7. The Morgan fingerprint density at radius 1 is 1.04 bits per heavy atom. The van der Waals surface area contributed by atoms with Crippen LogP contribution in [0.1, 0.15) is 76.9 Å². The van der Waals surface area contributed by atoms with Crippen molar-refractivity contribution in [2.75, 3.05) is 19.6 Å². The lowest BCUT2D eigenvalue weighted by Crippen LogP contribution is -2.49. The predicted octanol–water partition coefficient (Wildman–Crippen LogP) is 5.32. The number of carboxylic acids is 1. The molecule has 15 heteroatoms. The molecule has 278 valence electrons. The van der Waals surface area contributed by atoms with Gasteiger partial charge in [-0.2, -0.15) is 18.4 Å². The maximum Gasteiger partial charge on any atom is 0.416 e. The summed E-state index contributed by atoms with van der Waals surface area (Å²) in [7, 11) is 0. The van der Waals surface area contributed by atoms with E-state index in [-0.39, 0.29) is 67.6 Å². The van der Waals surface area contributed by atoms with Crippen LogP contribution < -0.4 is 21.9 Å². The van der Waals surface area contributed by atoms with E-state index in [0.717, 1.165) is 21.3 Å². The highest BCUT2D eigenvalue weighted by Crippen LogP contribution is 2.48. The van der Waals surface area contributed by atoms with E-state index in [2.05, 4.69) is 10.6 Å². The van der Waals surface area contributed by atoms with E-state index in [1.807, 2.05) is 0 Å². The van der Waals surface area contributed by atoms with E-state index in [4.69, 9.17) is 9.84 Å². The first kappa shape index (κ1) is 37.6. The molecular weight excluding hydrogens is 701 g/mol. The van der Waals surface area contributed by atoms with E-state index in [1.165, 1.54) is 18.2 Å². The van der Waals surface area contributed by atoms with E-state index in [9.17, 15) is 32.8 Å². The zero-order valence-electron chi connectivity index (χ0n) is 28.4. The van der Waals surface area contributed by atoms with Gasteiger partial charge in [0.05, 0.1) is 41.5 Å². The van der Waals surface area contributed by atoms with Crippen LogP contribution in [0.2, 0.25) is 0 Å². The number of benzene rings is 3. The van der Waals surface area contributed by atoms with Crippen LogP contribution in [0.5, 0.6) is 0 Å². The van der Waals surface area contributed by atoms with Crippen LogP contribution in [0.3, 0.4) is 0 Å². The lowest BCUT2D eigenvalue weighted by atomic mass is 9.85. The summed E-state index contributed by atoms with van der Waals surface area (Å²) in [6.07, 6.45) is -5.97. The maximum absolute atomic E-state index is 15.5. The van der Waals surface area contributed by atoms with E-state index < -0.39 is 70.4 Å². The number of piperidine rings is 1. The highest BCUT2D eigenvalue weighted by molar-refractivity contribution is 5.66. The van der Waals surface area contributed by atoms with Crippen LogP contribution in [0.15, 0.2) is 76.3 Å². The van der Waals surface area contributed by atoms with Crippen LogP contribution in [-0.4, -0.2) is 39.8 Å². The van der Waals surface area contributed by atoms with Crippen molar-refractivity contribution >= 4 is 5.97 Å². The van der Waals surface area contributed by atoms with Crippen molar-refractivity contribution in [3.8, 4) is 6.07 Å². The van der Waals surface area contributed by atoms with E-state index in [1.54, 1.807) is 36.4 Å². The largest absolute Gasteiger partial charge is 0.481 e. The van der Waals surface area contributed by atoms with Gasteiger partial charge in [0.15, 0.2) is 0 Å². The Labute approximate surface area is 300 Å². The molecule has 2 aliphatic rings. The fourth-order valence-corrected chi connectivity index (χ4v) is 7.35. The minimum Gasteiger partial charge on any atom is -0.481 e. The Morgan fingerprint density at radius 3 is 2.43 bits per heavy atom. The number of hydrogen-bond donors (Lipinski definition) is 3. The second kappa shape index (κ2) is 15.4. The number of nitriles is 1. The molecule has 10 nitrogen and oxygen atoms in total. The van der Waals surface area contributed by atoms with Crippen LogP contribution in [-0.2, 0) is 40.8 Å². The molecule has 0 amide bonds. The second-order valence-electron chi connectivity index (χ2n) is 13.2. The molecule has 3 heterocycles. The monoisotopic (exact) mass is 737 g/mol. The van der Waals surface area contributed by atoms with Gasteiger partial charge in [0.25, 0.3) is 5.56 Å². The van der Waals surface area contributed by atoms with Crippen molar-refractivity contribution < 1.29 is 36.6 Å². The molecule has 3 aromatic carbocycles. The van der Waals surface area contributed by atoms with Crippen LogP contribution in [0.4, 0.5) is 22.0 Å². The predicted molar refractivity (Wildman–Crippen MR) is 182 cm³/mol. The Bertz CT molecular complexity index is 2160. The molecule has 1 fully saturated rings. The summed E-state index contributed by atoms with van der Waals surface area (Å²) in [5, 5.41) is 25.0. The van der Waals surface area contributed by atoms with Crippen LogP contribution >= 0.6 is 0 Å². The summed E-state index contributed by atoms with van der Waals surface area (Å²) in [6.45, 7) is -0.292. The lowest BCUT2D eigenvalue weighted by molar-refractivity contribution is -0.138. The summed E-state index contributed by atoms with van der Waals surface area (Å²) >= 11 is 0. The molecule has 1 unspecified atom stereocenters. The van der Waals surface area contributed by atoms with Gasteiger partial charge in [-0.1, -0.05) is 48.5 Å². The summed E-state index contributed by atoms with van der Waals surface area (Å²) in [6, 6.07) is 16.4. The molecular formula is C38H36F5N5O5. The number of nitrogens with one attached hydrogen (secondary N) is 2. The first-order valence-corrected chi connectivity index (χ1v) is 17.1. The van der Waals surface area contributed by atoms with Crippen LogP contribution in [0.25, 0.3) is 0 Å². The first-order chi connectivity index (χ1) is 25.3. The number of alkyl halides is 3. The lowest BCUT2D eigenvalue weighted by Gasteiger charge is -2.34. The molecule has 2 aliphatic heterocycles. The normalized spacial score (nSPS) is 17.0. The first-order valence-electron chi connectivity index (χ1n) is 17.1. The molecule has 4 aromatic rings. The minimum atomic E-state index is -5.00. The molecule has 0 bridgehead atoms. The molecule has 0 radical (unpaired) electrons. The molecule has 3 N–H and O–H groups in total. The SMILES string of the molecule is N#Cc1cccc(C[C@H]2OC3(CCNCC3)c3c2n(Cc2c(F)cccc2C(F)(F)F)c(=O)n(CC(NCCCC(=O)O)c2ccccc2)c3=O)c1F. The van der Waals surface area contributed by atoms with Gasteiger partial charge in [-0.3, -0.25) is 18.7 Å². The molecule has 2 atom stereocenters. The van der Waals surface area contributed by atoms with Gasteiger partial charge in [-0.05, 0) is 68.2 Å². The number of carbonyl (C=O) groups is 1. The number of fused-ring (bicyclic) bond motifs is 2. The smallest absolute Gasteiger partial charge is 0.416 e. The van der Waals surface area contributed by atoms with Gasteiger partial charge in [-0.15, -0.1) is 0 Å². The fourth-order valence-electron chi connectivity index (χ4n) is 7.35. The maximum atomic E-state index is 15.5. The van der Waals surface area contributed by atoms with Crippen molar-refractivity contribution in [1.29, 1.82) is 5.26 Å². The van der Waals surface area contributed by atoms with Gasteiger partial charge < -0.3 is 20.5 Å². The van der Waals surface area contributed by atoms with Gasteiger partial charge in [0.2, 0.25) is 0 Å². The number of aromatic nitrogens is 2. The number of aliphatic carboxylic acids is 1. The topological polar surface area (TPSA) is 138 Å². The van der Waals surface area contributed by atoms with Crippen molar-refractivity contribution in [3.05, 3.63) is 138 Å². The summed E-state index contributed by atoms with van der Waals surface area (Å²) in [5.41, 5.74) is -4.92. The van der Waals surface area contributed by atoms with E-state index in [0.29, 0.717) is 24.7 Å². The third kappa shape index (κ3) is 7.66. The zero-order chi connectivity index (χ0) is 37.9. The van der Waals surface area contributed by atoms with Gasteiger partial charge >= 0.3 is 17.8 Å². The fraction of sp³-hybridized carbons (Fsp3) is 0.368. The third-order valence-electron chi connectivity index (χ3n) is 9.88. The number of halogens is 5. The van der Waals surface area contributed by atoms with Gasteiger partial charge in [0.1, 0.15) is 29.4 Å². The Morgan fingerprint density at radius 2 is 1.75 bits per heavy atom. The average molecular weight is 738 g/mol. The zero-order valence-corrected chi connectivity index (χ0v) is 28.4. The number of carboxylic acid groups (broad SMARTS) is 1. The highest BCUT2D eigenvalue weighted by atomic mass is 19.4. The Kier molecular flexibility index (Phi) is 10.9. The van der Waals surface area contributed by atoms with Crippen molar-refractivity contribution in [2.45, 2.75) is 69.1 Å². The Balaban J connectivity index is 1.58. The number of rotatable bonds is 12. The third-order valence-corrected chi connectivity index (χ3v) is 9.88. The number of ether oxygens (including phenoxy) is 1. The molecule has 1 saturated heterocycles. The van der Waals surface area contributed by atoms with Crippen molar-refractivity contribution in [3.63, 3.8) is 0 Å².